The Morgan fingerprint density at radius 2 is 1.38 bits per heavy atom. The SMILES string of the molecule is CCC(CNC(=O)c1cc(/N=N/c2ccccc2C(=O)CCc2ccccc2)c2ccccc2c1O)Oc1ccc(C(C)(C)CC)cc1C(C)(C)CC. The average Bonchev–Trinajstić information content (AvgIpc) is 3.18. The second-order valence-electron chi connectivity index (χ2n) is 15.0. The topological polar surface area (TPSA) is 100 Å². The van der Waals surface area contributed by atoms with Gasteiger partial charge < -0.3 is 15.2 Å². The summed E-state index contributed by atoms with van der Waals surface area (Å²) in [6.45, 7) is 15.7. The number of hydrogen-bond acceptors (Lipinski definition) is 6. The molecule has 0 saturated carbocycles. The molecule has 2 N–H and O–H groups in total. The highest BCUT2D eigenvalue weighted by atomic mass is 16.5. The summed E-state index contributed by atoms with van der Waals surface area (Å²) >= 11 is 0. The zero-order valence-electron chi connectivity index (χ0n) is 32.2. The van der Waals surface area contributed by atoms with Crippen molar-refractivity contribution in [3.05, 3.63) is 131 Å². The number of carbonyl (C=O) groups is 2. The summed E-state index contributed by atoms with van der Waals surface area (Å²) in [4.78, 5) is 27.0. The number of amides is 1. The van der Waals surface area contributed by atoms with Gasteiger partial charge >= 0.3 is 0 Å². The van der Waals surface area contributed by atoms with Crippen molar-refractivity contribution in [3.8, 4) is 11.5 Å². The third-order valence-electron chi connectivity index (χ3n) is 10.7. The molecule has 0 aliphatic rings. The lowest BCUT2D eigenvalue weighted by molar-refractivity contribution is 0.0921. The number of nitrogens with zero attached hydrogens (tertiary/aromatic N) is 2. The zero-order valence-corrected chi connectivity index (χ0v) is 32.2. The van der Waals surface area contributed by atoms with Crippen LogP contribution in [-0.4, -0.2) is 29.4 Å². The van der Waals surface area contributed by atoms with Crippen LogP contribution in [0.25, 0.3) is 10.8 Å². The average molecular weight is 712 g/mol. The molecule has 0 spiro atoms. The van der Waals surface area contributed by atoms with E-state index in [0.29, 0.717) is 47.0 Å². The molecule has 276 valence electrons. The van der Waals surface area contributed by atoms with E-state index in [-0.39, 0.29) is 40.6 Å². The van der Waals surface area contributed by atoms with Crippen LogP contribution >= 0.6 is 0 Å². The Morgan fingerprint density at radius 3 is 2.08 bits per heavy atom. The van der Waals surface area contributed by atoms with Crippen molar-refractivity contribution in [1.82, 2.24) is 5.32 Å². The number of aryl methyl sites for hydroxylation is 1. The molecular formula is C46H53N3O4. The number of hydrogen-bond donors (Lipinski definition) is 2. The van der Waals surface area contributed by atoms with Crippen molar-refractivity contribution in [1.29, 1.82) is 0 Å². The Hall–Kier alpha value is -5.30. The summed E-state index contributed by atoms with van der Waals surface area (Å²) in [6.07, 6.45) is 3.30. The van der Waals surface area contributed by atoms with E-state index in [2.05, 4.69) is 75.3 Å². The number of benzene rings is 5. The number of ether oxygens (including phenoxy) is 1. The van der Waals surface area contributed by atoms with Gasteiger partial charge in [-0.3, -0.25) is 9.59 Å². The van der Waals surface area contributed by atoms with E-state index >= 15 is 0 Å². The Labute approximate surface area is 314 Å². The number of nitrogens with one attached hydrogen (secondary N) is 1. The van der Waals surface area contributed by atoms with E-state index in [1.165, 1.54) is 5.56 Å². The van der Waals surface area contributed by atoms with Crippen LogP contribution in [0.4, 0.5) is 11.4 Å². The van der Waals surface area contributed by atoms with Crippen molar-refractivity contribution < 1.29 is 19.4 Å². The molecule has 5 aromatic rings. The number of phenolic OH excluding ortho intramolecular Hbond substituents is 1. The van der Waals surface area contributed by atoms with Gasteiger partial charge in [0.1, 0.15) is 17.6 Å². The zero-order chi connectivity index (χ0) is 38.2. The van der Waals surface area contributed by atoms with Gasteiger partial charge in [0.2, 0.25) is 0 Å². The van der Waals surface area contributed by atoms with Crippen LogP contribution in [-0.2, 0) is 17.3 Å². The van der Waals surface area contributed by atoms with E-state index in [1.54, 1.807) is 30.3 Å². The highest BCUT2D eigenvalue weighted by Gasteiger charge is 2.28. The van der Waals surface area contributed by atoms with Gasteiger partial charge in [-0.1, -0.05) is 127 Å². The third-order valence-corrected chi connectivity index (χ3v) is 10.7. The molecular weight excluding hydrogens is 659 g/mol. The molecule has 7 heteroatoms. The maximum atomic E-state index is 13.8. The number of azo groups is 1. The first-order valence-electron chi connectivity index (χ1n) is 18.8. The van der Waals surface area contributed by atoms with Gasteiger partial charge in [0, 0.05) is 28.3 Å². The molecule has 0 heterocycles. The maximum absolute atomic E-state index is 13.8. The highest BCUT2D eigenvalue weighted by Crippen LogP contribution is 2.40. The first kappa shape index (κ1) is 38.9. The molecule has 5 aromatic carbocycles. The molecule has 1 unspecified atom stereocenters. The first-order valence-corrected chi connectivity index (χ1v) is 18.8. The number of fused-ring (bicyclic) bond motifs is 1. The molecule has 0 radical (unpaired) electrons. The Kier molecular flexibility index (Phi) is 12.5. The smallest absolute Gasteiger partial charge is 0.255 e. The first-order chi connectivity index (χ1) is 25.4. The summed E-state index contributed by atoms with van der Waals surface area (Å²) < 4.78 is 6.62. The van der Waals surface area contributed by atoms with Gasteiger partial charge in [0.25, 0.3) is 5.91 Å². The molecule has 0 bridgehead atoms. The fourth-order valence-electron chi connectivity index (χ4n) is 6.27. The predicted molar refractivity (Wildman–Crippen MR) is 215 cm³/mol. The van der Waals surface area contributed by atoms with E-state index in [0.717, 1.165) is 29.7 Å². The highest BCUT2D eigenvalue weighted by molar-refractivity contribution is 6.07. The van der Waals surface area contributed by atoms with Crippen LogP contribution in [0.3, 0.4) is 0 Å². The van der Waals surface area contributed by atoms with Gasteiger partial charge in [0.05, 0.1) is 23.5 Å². The molecule has 7 nitrogen and oxygen atoms in total. The number of phenols is 1. The van der Waals surface area contributed by atoms with Crippen molar-refractivity contribution in [2.24, 2.45) is 10.2 Å². The van der Waals surface area contributed by atoms with Crippen LogP contribution in [0.15, 0.2) is 113 Å². The summed E-state index contributed by atoms with van der Waals surface area (Å²) in [5, 5.41) is 24.5. The van der Waals surface area contributed by atoms with Crippen molar-refractivity contribution in [2.75, 3.05) is 6.54 Å². The van der Waals surface area contributed by atoms with Gasteiger partial charge in [-0.15, -0.1) is 10.2 Å². The molecule has 53 heavy (non-hydrogen) atoms. The Bertz CT molecular complexity index is 2080. The van der Waals surface area contributed by atoms with E-state index in [1.807, 2.05) is 61.5 Å². The van der Waals surface area contributed by atoms with Crippen molar-refractivity contribution >= 4 is 33.8 Å². The summed E-state index contributed by atoms with van der Waals surface area (Å²) in [6, 6.07) is 32.3. The number of aromatic hydroxyl groups is 1. The molecule has 5 rings (SSSR count). The predicted octanol–water partition coefficient (Wildman–Crippen LogP) is 11.7. The minimum absolute atomic E-state index is 0.0298. The number of carbonyl (C=O) groups excluding carboxylic acids is 2. The number of rotatable bonds is 16. The quantitative estimate of drug-likeness (QED) is 0.0786. The van der Waals surface area contributed by atoms with Gasteiger partial charge in [-0.05, 0) is 71.9 Å². The van der Waals surface area contributed by atoms with Crippen molar-refractivity contribution in [2.45, 2.75) is 97.5 Å². The second kappa shape index (κ2) is 17.0. The molecule has 0 aliphatic heterocycles. The molecule has 0 aromatic heterocycles. The van der Waals surface area contributed by atoms with Gasteiger partial charge in [-0.25, -0.2) is 0 Å². The fraction of sp³-hybridized carbons (Fsp3) is 0.348. The summed E-state index contributed by atoms with van der Waals surface area (Å²) in [5.74, 6) is 0.211. The fourth-order valence-corrected chi connectivity index (χ4v) is 6.27. The van der Waals surface area contributed by atoms with Gasteiger partial charge in [-0.2, -0.15) is 0 Å². The molecule has 1 atom stereocenters. The van der Waals surface area contributed by atoms with Crippen molar-refractivity contribution in [3.63, 3.8) is 0 Å². The normalized spacial score (nSPS) is 12.6. The lowest BCUT2D eigenvalue weighted by Gasteiger charge is -2.31. The van der Waals surface area contributed by atoms with Crippen LogP contribution in [0.1, 0.15) is 112 Å². The lowest BCUT2D eigenvalue weighted by atomic mass is 9.76. The van der Waals surface area contributed by atoms with Gasteiger partial charge in [0.15, 0.2) is 5.78 Å². The molecule has 0 fully saturated rings. The maximum Gasteiger partial charge on any atom is 0.255 e. The minimum Gasteiger partial charge on any atom is -0.506 e. The Balaban J connectivity index is 1.37. The van der Waals surface area contributed by atoms with E-state index < -0.39 is 5.91 Å². The van der Waals surface area contributed by atoms with Crippen LogP contribution in [0.2, 0.25) is 0 Å². The van der Waals surface area contributed by atoms with E-state index in [4.69, 9.17) is 4.74 Å². The van der Waals surface area contributed by atoms with E-state index in [9.17, 15) is 14.7 Å². The number of ketones is 1. The summed E-state index contributed by atoms with van der Waals surface area (Å²) in [5.41, 5.74) is 4.87. The molecule has 0 aliphatic carbocycles. The number of Topliss-reactive ketones (excluding diaryl/α,β-unsaturated/α-hetero) is 1. The minimum atomic E-state index is -0.447. The monoisotopic (exact) mass is 711 g/mol. The van der Waals surface area contributed by atoms with Crippen LogP contribution < -0.4 is 10.1 Å². The standard InChI is InChI=1S/C46H53N3O4/c1-8-33(53-42-27-25-32(45(4,5)9-2)28-38(42)46(6,7)10-3)30-47-44(52)37-29-40(34-20-14-15-21-35(34)43(37)51)49-48-39-23-17-16-22-36(39)41(50)26-24-31-18-12-11-13-19-31/h11-23,25,27-29,33,51H,8-10,24,26,30H2,1-7H3,(H,47,52)/b49-48+. The molecule has 0 saturated heterocycles. The Morgan fingerprint density at radius 1 is 0.736 bits per heavy atom. The summed E-state index contributed by atoms with van der Waals surface area (Å²) in [7, 11) is 0. The lowest BCUT2D eigenvalue weighted by Crippen LogP contribution is -2.35. The third kappa shape index (κ3) is 9.20. The van der Waals surface area contributed by atoms with Crippen LogP contribution in [0.5, 0.6) is 11.5 Å². The van der Waals surface area contributed by atoms with Crippen LogP contribution in [0, 0.1) is 0 Å². The second-order valence-corrected chi connectivity index (χ2v) is 15.0. The molecule has 1 amide bonds. The largest absolute Gasteiger partial charge is 0.506 e.